The number of non-ortho nitro benzene ring substituents is 1. The van der Waals surface area contributed by atoms with E-state index in [1.54, 1.807) is 23.9 Å². The number of para-hydroxylation sites is 2. The molecular formula is C27H22N3O2S+. The van der Waals surface area contributed by atoms with Crippen molar-refractivity contribution in [1.82, 2.24) is 0 Å². The molecule has 5 rings (SSSR count). The topological polar surface area (TPSA) is 50.3 Å². The van der Waals surface area contributed by atoms with Crippen LogP contribution in [0.15, 0.2) is 101 Å². The SMILES string of the molecule is CN1/C(=C\C(=C\c2ccc3ccccc3[n+]2C)c2ccc([N+](=O)[O-])cc2)Sc2ccccc21. The van der Waals surface area contributed by atoms with E-state index in [1.165, 1.54) is 16.0 Å². The van der Waals surface area contributed by atoms with Crippen LogP contribution in [0.3, 0.4) is 0 Å². The van der Waals surface area contributed by atoms with E-state index in [0.717, 1.165) is 27.4 Å². The van der Waals surface area contributed by atoms with Crippen molar-refractivity contribution in [2.45, 2.75) is 4.90 Å². The molecule has 2 heterocycles. The summed E-state index contributed by atoms with van der Waals surface area (Å²) in [6, 6.07) is 27.6. The first-order valence-corrected chi connectivity index (χ1v) is 11.4. The van der Waals surface area contributed by atoms with Crippen LogP contribution in [0.2, 0.25) is 0 Å². The van der Waals surface area contributed by atoms with Gasteiger partial charge in [0.05, 0.1) is 15.6 Å². The van der Waals surface area contributed by atoms with E-state index in [-0.39, 0.29) is 10.6 Å². The summed E-state index contributed by atoms with van der Waals surface area (Å²) in [7, 11) is 4.12. The second-order valence-electron chi connectivity index (χ2n) is 7.89. The summed E-state index contributed by atoms with van der Waals surface area (Å²) in [4.78, 5) is 14.2. The summed E-state index contributed by atoms with van der Waals surface area (Å²) >= 11 is 1.72. The zero-order valence-electron chi connectivity index (χ0n) is 18.3. The Kier molecular flexibility index (Phi) is 5.44. The summed E-state index contributed by atoms with van der Waals surface area (Å²) in [5, 5.41) is 13.4. The standard InChI is InChI=1S/C27H22N3O2S/c1-28-23(16-13-20-7-3-4-8-24(20)28)17-21(19-11-14-22(15-12-19)30(31)32)18-27-29(2)25-9-5-6-10-26(25)33-27/h3-18H,1-2H3/q+1. The molecule has 0 saturated carbocycles. The Bertz CT molecular complexity index is 1440. The molecule has 0 bridgehead atoms. The number of nitro groups is 1. The molecule has 0 N–H and O–H groups in total. The fourth-order valence-electron chi connectivity index (χ4n) is 4.03. The molecule has 0 aliphatic carbocycles. The monoisotopic (exact) mass is 452 g/mol. The maximum absolute atomic E-state index is 11.2. The first kappa shape index (κ1) is 21.0. The van der Waals surface area contributed by atoms with Gasteiger partial charge < -0.3 is 4.90 Å². The molecule has 1 aliphatic heterocycles. The number of nitrogens with zero attached hydrogens (tertiary/aromatic N) is 3. The first-order valence-electron chi connectivity index (χ1n) is 10.6. The summed E-state index contributed by atoms with van der Waals surface area (Å²) < 4.78 is 2.17. The number of rotatable bonds is 4. The average Bonchev–Trinajstić information content (AvgIpc) is 3.16. The van der Waals surface area contributed by atoms with Crippen LogP contribution in [0, 0.1) is 10.1 Å². The molecule has 0 unspecified atom stereocenters. The number of hydrogen-bond acceptors (Lipinski definition) is 4. The van der Waals surface area contributed by atoms with E-state index in [1.807, 2.05) is 36.4 Å². The van der Waals surface area contributed by atoms with Crippen LogP contribution in [-0.2, 0) is 7.05 Å². The van der Waals surface area contributed by atoms with Crippen LogP contribution in [0.4, 0.5) is 11.4 Å². The number of pyridine rings is 1. The summed E-state index contributed by atoms with van der Waals surface area (Å²) in [5.41, 5.74) is 5.35. The number of aromatic nitrogens is 1. The lowest BCUT2D eigenvalue weighted by atomic mass is 10.0. The number of thioether (sulfide) groups is 1. The molecule has 0 amide bonds. The van der Waals surface area contributed by atoms with Gasteiger partial charge in [-0.2, -0.15) is 4.57 Å². The van der Waals surface area contributed by atoms with Crippen LogP contribution in [-0.4, -0.2) is 12.0 Å². The van der Waals surface area contributed by atoms with Gasteiger partial charge in [-0.1, -0.05) is 36.0 Å². The van der Waals surface area contributed by atoms with Crippen molar-refractivity contribution in [1.29, 1.82) is 0 Å². The number of nitro benzene ring substituents is 1. The van der Waals surface area contributed by atoms with Gasteiger partial charge in [0.25, 0.3) is 5.69 Å². The van der Waals surface area contributed by atoms with Gasteiger partial charge in [-0.15, -0.1) is 0 Å². The first-order chi connectivity index (χ1) is 16.0. The van der Waals surface area contributed by atoms with Crippen molar-refractivity contribution in [2.24, 2.45) is 7.05 Å². The van der Waals surface area contributed by atoms with Crippen molar-refractivity contribution >= 4 is 45.7 Å². The predicted molar refractivity (Wildman–Crippen MR) is 135 cm³/mol. The zero-order valence-corrected chi connectivity index (χ0v) is 19.1. The van der Waals surface area contributed by atoms with Crippen molar-refractivity contribution in [3.63, 3.8) is 0 Å². The Morgan fingerprint density at radius 3 is 2.45 bits per heavy atom. The third kappa shape index (κ3) is 4.01. The molecule has 162 valence electrons. The van der Waals surface area contributed by atoms with Gasteiger partial charge in [-0.25, -0.2) is 0 Å². The van der Waals surface area contributed by atoms with E-state index in [9.17, 15) is 10.1 Å². The molecule has 0 spiro atoms. The average molecular weight is 453 g/mol. The van der Waals surface area contributed by atoms with Crippen molar-refractivity contribution in [3.8, 4) is 0 Å². The minimum Gasteiger partial charge on any atom is -0.338 e. The highest BCUT2D eigenvalue weighted by Crippen LogP contribution is 2.45. The second-order valence-corrected chi connectivity index (χ2v) is 8.95. The van der Waals surface area contributed by atoms with E-state index < -0.39 is 0 Å². The van der Waals surface area contributed by atoms with Crippen LogP contribution < -0.4 is 9.47 Å². The summed E-state index contributed by atoms with van der Waals surface area (Å²) in [6.07, 6.45) is 4.29. The summed E-state index contributed by atoms with van der Waals surface area (Å²) in [5.74, 6) is 0. The van der Waals surface area contributed by atoms with Crippen LogP contribution in [0.1, 0.15) is 11.3 Å². The zero-order chi connectivity index (χ0) is 22.9. The Morgan fingerprint density at radius 1 is 0.970 bits per heavy atom. The molecule has 6 heteroatoms. The minimum absolute atomic E-state index is 0.0850. The Labute approximate surface area is 196 Å². The molecule has 33 heavy (non-hydrogen) atoms. The summed E-state index contributed by atoms with van der Waals surface area (Å²) in [6.45, 7) is 0. The number of aryl methyl sites for hydroxylation is 1. The van der Waals surface area contributed by atoms with Gasteiger partial charge >= 0.3 is 0 Å². The number of fused-ring (bicyclic) bond motifs is 2. The highest BCUT2D eigenvalue weighted by Gasteiger charge is 2.22. The molecule has 0 atom stereocenters. The highest BCUT2D eigenvalue weighted by molar-refractivity contribution is 8.03. The molecule has 0 fully saturated rings. The van der Waals surface area contributed by atoms with Gasteiger partial charge in [0.1, 0.15) is 7.05 Å². The molecule has 1 aliphatic rings. The Hall–Kier alpha value is -3.90. The lowest BCUT2D eigenvalue weighted by molar-refractivity contribution is -0.646. The third-order valence-corrected chi connectivity index (χ3v) is 7.05. The van der Waals surface area contributed by atoms with E-state index in [2.05, 4.69) is 72.1 Å². The van der Waals surface area contributed by atoms with Crippen LogP contribution in [0.5, 0.6) is 0 Å². The smallest absolute Gasteiger partial charge is 0.269 e. The molecule has 1 aromatic heterocycles. The highest BCUT2D eigenvalue weighted by atomic mass is 32.2. The largest absolute Gasteiger partial charge is 0.338 e. The van der Waals surface area contributed by atoms with E-state index in [4.69, 9.17) is 0 Å². The van der Waals surface area contributed by atoms with Gasteiger partial charge in [0.2, 0.25) is 11.2 Å². The van der Waals surface area contributed by atoms with Crippen LogP contribution >= 0.6 is 11.8 Å². The van der Waals surface area contributed by atoms with E-state index >= 15 is 0 Å². The number of anilines is 1. The fraction of sp³-hybridized carbons (Fsp3) is 0.0741. The van der Waals surface area contributed by atoms with Gasteiger partial charge in [-0.3, -0.25) is 10.1 Å². The number of benzene rings is 3. The van der Waals surface area contributed by atoms with Crippen LogP contribution in [0.25, 0.3) is 22.6 Å². The molecule has 4 aromatic rings. The fourth-order valence-corrected chi connectivity index (χ4v) is 5.13. The van der Waals surface area contributed by atoms with Gasteiger partial charge in [-0.05, 0) is 53.6 Å². The lowest BCUT2D eigenvalue weighted by Gasteiger charge is -2.14. The predicted octanol–water partition coefficient (Wildman–Crippen LogP) is 6.20. The molecule has 0 saturated heterocycles. The lowest BCUT2D eigenvalue weighted by Crippen LogP contribution is -2.32. The van der Waals surface area contributed by atoms with Crippen molar-refractivity contribution in [3.05, 3.63) is 117 Å². The quantitative estimate of drug-likeness (QED) is 0.210. The maximum atomic E-state index is 11.2. The van der Waals surface area contributed by atoms with E-state index in [0.29, 0.717) is 0 Å². The number of hydrogen-bond donors (Lipinski definition) is 0. The number of allylic oxidation sites excluding steroid dienone is 2. The maximum Gasteiger partial charge on any atom is 0.269 e. The molecule has 3 aromatic carbocycles. The van der Waals surface area contributed by atoms with Gasteiger partial charge in [0.15, 0.2) is 0 Å². The second kappa shape index (κ2) is 8.56. The Morgan fingerprint density at radius 2 is 1.70 bits per heavy atom. The van der Waals surface area contributed by atoms with Gasteiger partial charge in [0, 0.05) is 47.7 Å². The normalized spacial score (nSPS) is 14.7. The van der Waals surface area contributed by atoms with Crippen molar-refractivity contribution in [2.75, 3.05) is 11.9 Å². The Balaban J connectivity index is 1.64. The van der Waals surface area contributed by atoms with Crippen molar-refractivity contribution < 1.29 is 9.49 Å². The molecular weight excluding hydrogens is 430 g/mol. The third-order valence-electron chi connectivity index (χ3n) is 5.88. The minimum atomic E-state index is -0.369. The molecule has 0 radical (unpaired) electrons. The molecule has 5 nitrogen and oxygen atoms in total.